The first-order valence-electron chi connectivity index (χ1n) is 25.4. The standard InChI is InChI=1S/C62H74N2O6Si/c1-58(2,3)69-56(66)53(63-61(43-26-14-12-15-27-43)49-34-22-18-30-45(49)46-31-19-23-35-50(46)61)38-39-55(65)42(41-68-71(10,11)60(7,8)9)40-54(57(67)70-59(4,5)6)64-62(44-28-16-13-17-29-44)51-36-24-20-32-47(51)48-33-21-25-37-52(48)62/h12-37,42,53-55,63-65H,38-41H2,1-11H3/t42-,53-,54-,55+/m0/s1. The van der Waals surface area contributed by atoms with Gasteiger partial charge in [-0.3, -0.25) is 20.2 Å². The van der Waals surface area contributed by atoms with E-state index in [2.05, 4.69) is 142 Å². The van der Waals surface area contributed by atoms with E-state index < -0.39 is 66.6 Å². The van der Waals surface area contributed by atoms with E-state index in [-0.39, 0.29) is 30.9 Å². The third kappa shape index (κ3) is 10.5. The van der Waals surface area contributed by atoms with Gasteiger partial charge in [0.25, 0.3) is 0 Å². The van der Waals surface area contributed by atoms with E-state index in [1.165, 1.54) is 0 Å². The summed E-state index contributed by atoms with van der Waals surface area (Å²) in [5, 5.41) is 20.7. The van der Waals surface area contributed by atoms with Crippen LogP contribution in [0.2, 0.25) is 18.1 Å². The van der Waals surface area contributed by atoms with Crippen molar-refractivity contribution in [1.82, 2.24) is 10.6 Å². The van der Waals surface area contributed by atoms with Crippen LogP contribution >= 0.6 is 0 Å². The Balaban J connectivity index is 1.20. The van der Waals surface area contributed by atoms with Crippen LogP contribution in [-0.4, -0.2) is 61.4 Å². The molecule has 372 valence electrons. The second kappa shape index (κ2) is 20.1. The van der Waals surface area contributed by atoms with E-state index in [0.29, 0.717) is 0 Å². The van der Waals surface area contributed by atoms with Crippen molar-refractivity contribution < 1.29 is 28.6 Å². The zero-order valence-electron chi connectivity index (χ0n) is 43.6. The van der Waals surface area contributed by atoms with Gasteiger partial charge in [0.15, 0.2) is 8.32 Å². The molecule has 0 bridgehead atoms. The van der Waals surface area contributed by atoms with Crippen LogP contribution in [0.4, 0.5) is 0 Å². The minimum atomic E-state index is -2.39. The molecule has 2 aliphatic rings. The molecule has 8 nitrogen and oxygen atoms in total. The Morgan fingerprint density at radius 2 is 0.845 bits per heavy atom. The molecule has 0 amide bonds. The molecule has 9 heteroatoms. The Morgan fingerprint density at radius 3 is 1.21 bits per heavy atom. The van der Waals surface area contributed by atoms with E-state index in [9.17, 15) is 9.90 Å². The van der Waals surface area contributed by atoms with Crippen LogP contribution in [0.25, 0.3) is 22.3 Å². The van der Waals surface area contributed by atoms with Gasteiger partial charge in [0.05, 0.1) is 17.2 Å². The lowest BCUT2D eigenvalue weighted by Gasteiger charge is -2.41. The number of hydrogen-bond donors (Lipinski definition) is 3. The van der Waals surface area contributed by atoms with Gasteiger partial charge in [-0.25, -0.2) is 0 Å². The molecular weight excluding hydrogens is 897 g/mol. The summed E-state index contributed by atoms with van der Waals surface area (Å²) in [5.41, 5.74) is 7.01. The summed E-state index contributed by atoms with van der Waals surface area (Å²) in [6.07, 6.45) is -0.397. The van der Waals surface area contributed by atoms with Gasteiger partial charge in [-0.1, -0.05) is 178 Å². The van der Waals surface area contributed by atoms with E-state index in [4.69, 9.17) is 13.9 Å². The number of carbonyl (C=O) groups excluding carboxylic acids is 2. The van der Waals surface area contributed by atoms with Crippen molar-refractivity contribution in [2.75, 3.05) is 6.61 Å². The summed E-state index contributed by atoms with van der Waals surface area (Å²) in [4.78, 5) is 29.8. The molecule has 0 radical (unpaired) electrons. The largest absolute Gasteiger partial charge is 0.459 e. The van der Waals surface area contributed by atoms with Crippen LogP contribution in [0.15, 0.2) is 158 Å². The Hall–Kier alpha value is -5.68. The molecule has 4 atom stereocenters. The number of aliphatic hydroxyl groups is 1. The number of aliphatic hydroxyl groups excluding tert-OH is 1. The van der Waals surface area contributed by atoms with Crippen LogP contribution < -0.4 is 10.6 Å². The summed E-state index contributed by atoms with van der Waals surface area (Å²) in [6, 6.07) is 52.3. The Morgan fingerprint density at radius 1 is 0.507 bits per heavy atom. The van der Waals surface area contributed by atoms with Gasteiger partial charge in [-0.05, 0) is 135 Å². The summed E-state index contributed by atoms with van der Waals surface area (Å²) >= 11 is 0. The van der Waals surface area contributed by atoms with Crippen molar-refractivity contribution >= 4 is 20.3 Å². The number of carbonyl (C=O) groups is 2. The van der Waals surface area contributed by atoms with Gasteiger partial charge < -0.3 is 19.0 Å². The normalized spacial score (nSPS) is 16.4. The maximum Gasteiger partial charge on any atom is 0.323 e. The van der Waals surface area contributed by atoms with Gasteiger partial charge >= 0.3 is 11.9 Å². The number of nitrogens with one attached hydrogen (secondary N) is 2. The highest BCUT2D eigenvalue weighted by Crippen LogP contribution is 2.53. The van der Waals surface area contributed by atoms with Gasteiger partial charge in [-0.15, -0.1) is 0 Å². The second-order valence-corrected chi connectivity index (χ2v) is 27.9. The van der Waals surface area contributed by atoms with E-state index in [1.807, 2.05) is 102 Å². The number of ether oxygens (including phenoxy) is 2. The Kier molecular flexibility index (Phi) is 14.6. The smallest absolute Gasteiger partial charge is 0.323 e. The highest BCUT2D eigenvalue weighted by Gasteiger charge is 2.50. The Labute approximate surface area is 423 Å². The minimum Gasteiger partial charge on any atom is -0.459 e. The molecule has 0 saturated carbocycles. The molecule has 0 aliphatic heterocycles. The lowest BCUT2D eigenvalue weighted by Crippen LogP contribution is -2.55. The van der Waals surface area contributed by atoms with Crippen molar-refractivity contribution in [3.63, 3.8) is 0 Å². The topological polar surface area (TPSA) is 106 Å². The van der Waals surface area contributed by atoms with E-state index in [1.54, 1.807) is 0 Å². The summed E-state index contributed by atoms with van der Waals surface area (Å²) in [6.45, 7) is 22.5. The van der Waals surface area contributed by atoms with Crippen LogP contribution in [0.1, 0.15) is 115 Å². The maximum atomic E-state index is 15.0. The summed E-state index contributed by atoms with van der Waals surface area (Å²) < 4.78 is 19.6. The quantitative estimate of drug-likeness (QED) is 0.0613. The van der Waals surface area contributed by atoms with E-state index >= 15 is 4.79 Å². The van der Waals surface area contributed by atoms with E-state index in [0.717, 1.165) is 55.6 Å². The second-order valence-electron chi connectivity index (χ2n) is 23.1. The van der Waals surface area contributed by atoms with Gasteiger partial charge in [0.2, 0.25) is 0 Å². The first-order chi connectivity index (χ1) is 33.6. The SMILES string of the molecule is CC(C)(C)OC(=O)[C@H](CC[C@@H](O)[C@H](CO[Si](C)(C)C(C)(C)C)C[C@H](NC1(c2ccccc2)c2ccccc2-c2ccccc21)C(=O)OC(C)(C)C)NC1(c2ccccc2)c2ccccc2-c2ccccc21. The molecule has 0 heterocycles. The predicted octanol–water partition coefficient (Wildman–Crippen LogP) is 12.7. The first-order valence-corrected chi connectivity index (χ1v) is 28.3. The third-order valence-corrected chi connectivity index (χ3v) is 19.3. The van der Waals surface area contributed by atoms with Crippen LogP contribution in [0.3, 0.4) is 0 Å². The maximum absolute atomic E-state index is 15.0. The van der Waals surface area contributed by atoms with Crippen molar-refractivity contribution in [2.24, 2.45) is 5.92 Å². The molecule has 8 rings (SSSR count). The third-order valence-electron chi connectivity index (χ3n) is 14.8. The molecule has 0 fully saturated rings. The number of fused-ring (bicyclic) bond motifs is 6. The molecule has 71 heavy (non-hydrogen) atoms. The molecule has 6 aromatic rings. The van der Waals surface area contributed by atoms with Crippen LogP contribution in [0.5, 0.6) is 0 Å². The molecule has 2 aliphatic carbocycles. The lowest BCUT2D eigenvalue weighted by molar-refractivity contribution is -0.159. The highest BCUT2D eigenvalue weighted by atomic mass is 28.4. The number of benzene rings is 6. The fraction of sp³-hybridized carbons (Fsp3) is 0.387. The van der Waals surface area contributed by atoms with Crippen molar-refractivity contribution in [3.8, 4) is 22.3 Å². The molecule has 0 aromatic heterocycles. The fourth-order valence-electron chi connectivity index (χ4n) is 10.4. The average molecular weight is 971 g/mol. The summed E-state index contributed by atoms with van der Waals surface area (Å²) in [5.74, 6) is -1.40. The molecular formula is C62H74N2O6Si. The van der Waals surface area contributed by atoms with Crippen LogP contribution in [0, 0.1) is 5.92 Å². The van der Waals surface area contributed by atoms with Crippen molar-refractivity contribution in [3.05, 3.63) is 191 Å². The van der Waals surface area contributed by atoms with Crippen LogP contribution in [-0.2, 0) is 34.6 Å². The van der Waals surface area contributed by atoms with Gasteiger partial charge in [-0.2, -0.15) is 0 Å². The molecule has 0 saturated heterocycles. The van der Waals surface area contributed by atoms with Crippen molar-refractivity contribution in [2.45, 2.75) is 140 Å². The monoisotopic (exact) mass is 971 g/mol. The molecule has 6 aromatic carbocycles. The Bertz CT molecular complexity index is 2730. The first kappa shape index (κ1) is 51.7. The number of rotatable bonds is 17. The molecule has 0 unspecified atom stereocenters. The highest BCUT2D eigenvalue weighted by molar-refractivity contribution is 6.74. The average Bonchev–Trinajstić information content (AvgIpc) is 3.78. The predicted molar refractivity (Wildman–Crippen MR) is 288 cm³/mol. The fourth-order valence-corrected chi connectivity index (χ4v) is 11.5. The zero-order valence-corrected chi connectivity index (χ0v) is 44.6. The van der Waals surface area contributed by atoms with Crippen molar-refractivity contribution in [1.29, 1.82) is 0 Å². The number of hydrogen-bond acceptors (Lipinski definition) is 8. The minimum absolute atomic E-state index is 0.120. The summed E-state index contributed by atoms with van der Waals surface area (Å²) in [7, 11) is -2.39. The van der Waals surface area contributed by atoms with Gasteiger partial charge in [0, 0.05) is 12.5 Å². The van der Waals surface area contributed by atoms with Gasteiger partial charge in [0.1, 0.15) is 23.3 Å². The molecule has 0 spiro atoms. The number of esters is 2. The lowest BCUT2D eigenvalue weighted by atomic mass is 9.79. The zero-order chi connectivity index (χ0) is 51.0. The molecule has 3 N–H and O–H groups in total.